The van der Waals surface area contributed by atoms with Crippen LogP contribution in [0.5, 0.6) is 0 Å². The molecule has 0 unspecified atom stereocenters. The number of rotatable bonds is 4. The fourth-order valence-corrected chi connectivity index (χ4v) is 3.31. The Balaban J connectivity index is 1.35. The summed E-state index contributed by atoms with van der Waals surface area (Å²) in [4.78, 5) is 23.5. The third-order valence-corrected chi connectivity index (χ3v) is 4.78. The number of carbonyl (C=O) groups is 1. The van der Waals surface area contributed by atoms with Crippen LogP contribution in [0.25, 0.3) is 33.3 Å². The molecule has 5 rings (SSSR count). The molecule has 6 nitrogen and oxygen atoms in total. The van der Waals surface area contributed by atoms with Crippen LogP contribution in [0.2, 0.25) is 0 Å². The summed E-state index contributed by atoms with van der Waals surface area (Å²) < 4.78 is 0. The van der Waals surface area contributed by atoms with Crippen LogP contribution in [0, 0.1) is 0 Å². The first-order valence-electron chi connectivity index (χ1n) is 9.23. The average molecular weight is 379 g/mol. The van der Waals surface area contributed by atoms with Crippen LogP contribution in [-0.2, 0) is 0 Å². The minimum absolute atomic E-state index is 0.279. The highest BCUT2D eigenvalue weighted by Gasteiger charge is 2.09. The van der Waals surface area contributed by atoms with Gasteiger partial charge >= 0.3 is 0 Å². The highest BCUT2D eigenvalue weighted by atomic mass is 16.2. The Labute approximate surface area is 166 Å². The quantitative estimate of drug-likeness (QED) is 0.318. The highest BCUT2D eigenvalue weighted by molar-refractivity contribution is 6.01. The maximum atomic E-state index is 12.5. The standard InChI is InChI=1S/C23H17N5O/c29-23(28-25-14-17-13-24-19-9-5-4-8-18(17)19)16-10-11-20-21(12-16)27-22(26-20)15-6-2-1-3-7-15/h1-14,24H,(H,26,27)(H,28,29)/b25-14+. The number of imidazole rings is 1. The molecule has 0 atom stereocenters. The van der Waals surface area contributed by atoms with E-state index < -0.39 is 0 Å². The molecule has 0 saturated carbocycles. The Morgan fingerprint density at radius 1 is 0.966 bits per heavy atom. The first-order chi connectivity index (χ1) is 14.3. The molecule has 29 heavy (non-hydrogen) atoms. The summed E-state index contributed by atoms with van der Waals surface area (Å²) in [6, 6.07) is 23.2. The lowest BCUT2D eigenvalue weighted by Crippen LogP contribution is -2.17. The van der Waals surface area contributed by atoms with Gasteiger partial charge in [-0.05, 0) is 24.3 Å². The van der Waals surface area contributed by atoms with Crippen LogP contribution >= 0.6 is 0 Å². The Morgan fingerprint density at radius 2 is 1.79 bits per heavy atom. The fraction of sp³-hybridized carbons (Fsp3) is 0. The molecule has 0 aliphatic rings. The molecule has 0 aliphatic heterocycles. The smallest absolute Gasteiger partial charge is 0.271 e. The zero-order valence-electron chi connectivity index (χ0n) is 15.4. The van der Waals surface area contributed by atoms with Crippen LogP contribution < -0.4 is 5.43 Å². The maximum Gasteiger partial charge on any atom is 0.271 e. The van der Waals surface area contributed by atoms with Crippen molar-refractivity contribution in [2.24, 2.45) is 5.10 Å². The number of fused-ring (bicyclic) bond motifs is 2. The number of amides is 1. The summed E-state index contributed by atoms with van der Waals surface area (Å²) >= 11 is 0. The van der Waals surface area contributed by atoms with Gasteiger partial charge < -0.3 is 9.97 Å². The van der Waals surface area contributed by atoms with E-state index in [1.54, 1.807) is 18.3 Å². The van der Waals surface area contributed by atoms with Gasteiger partial charge in [-0.2, -0.15) is 5.10 Å². The first-order valence-corrected chi connectivity index (χ1v) is 9.23. The number of hydrogen-bond acceptors (Lipinski definition) is 3. The van der Waals surface area contributed by atoms with Crippen molar-refractivity contribution >= 4 is 34.1 Å². The molecular formula is C23H17N5O. The SMILES string of the molecule is O=C(N/N=C/c1c[nH]c2ccccc12)c1ccc2nc(-c3ccccc3)[nH]c2c1. The minimum atomic E-state index is -0.279. The predicted octanol–water partition coefficient (Wildman–Crippen LogP) is 4.48. The topological polar surface area (TPSA) is 85.9 Å². The molecule has 1 amide bonds. The minimum Gasteiger partial charge on any atom is -0.361 e. The number of nitrogens with one attached hydrogen (secondary N) is 3. The molecule has 0 saturated heterocycles. The predicted molar refractivity (Wildman–Crippen MR) is 115 cm³/mol. The van der Waals surface area contributed by atoms with E-state index in [2.05, 4.69) is 25.5 Å². The molecule has 0 aliphatic carbocycles. The van der Waals surface area contributed by atoms with Gasteiger partial charge in [0.15, 0.2) is 0 Å². The largest absolute Gasteiger partial charge is 0.361 e. The van der Waals surface area contributed by atoms with Crippen LogP contribution in [0.4, 0.5) is 0 Å². The normalized spacial score (nSPS) is 11.4. The van der Waals surface area contributed by atoms with Gasteiger partial charge in [-0.3, -0.25) is 4.79 Å². The van der Waals surface area contributed by atoms with Gasteiger partial charge in [0.25, 0.3) is 5.91 Å². The molecule has 0 radical (unpaired) electrons. The molecule has 0 bridgehead atoms. The average Bonchev–Trinajstić information content (AvgIpc) is 3.38. The number of H-pyrrole nitrogens is 2. The Bertz CT molecular complexity index is 1350. The third kappa shape index (κ3) is 3.27. The number of hydrogen-bond donors (Lipinski definition) is 3. The summed E-state index contributed by atoms with van der Waals surface area (Å²) in [6.07, 6.45) is 3.50. The lowest BCUT2D eigenvalue weighted by Gasteiger charge is -1.99. The van der Waals surface area contributed by atoms with Gasteiger partial charge in [-0.1, -0.05) is 48.5 Å². The number of aromatic amines is 2. The Morgan fingerprint density at radius 3 is 2.69 bits per heavy atom. The molecule has 2 heterocycles. The molecule has 2 aromatic heterocycles. The monoisotopic (exact) mass is 379 g/mol. The van der Waals surface area contributed by atoms with E-state index in [1.807, 2.05) is 66.9 Å². The lowest BCUT2D eigenvalue weighted by atomic mass is 10.2. The maximum absolute atomic E-state index is 12.5. The van der Waals surface area contributed by atoms with Crippen molar-refractivity contribution in [1.82, 2.24) is 20.4 Å². The van der Waals surface area contributed by atoms with E-state index in [0.717, 1.165) is 38.9 Å². The zero-order valence-corrected chi connectivity index (χ0v) is 15.4. The number of hydrazone groups is 1. The molecule has 3 N–H and O–H groups in total. The summed E-state index contributed by atoms with van der Waals surface area (Å²) in [7, 11) is 0. The van der Waals surface area contributed by atoms with E-state index in [9.17, 15) is 4.79 Å². The summed E-state index contributed by atoms with van der Waals surface area (Å²) in [5.74, 6) is 0.495. The van der Waals surface area contributed by atoms with Crippen LogP contribution in [-0.4, -0.2) is 27.1 Å². The van der Waals surface area contributed by atoms with E-state index in [1.165, 1.54) is 0 Å². The van der Waals surface area contributed by atoms with Crippen molar-refractivity contribution in [3.63, 3.8) is 0 Å². The van der Waals surface area contributed by atoms with Gasteiger partial charge in [0.2, 0.25) is 0 Å². The van der Waals surface area contributed by atoms with Crippen molar-refractivity contribution in [1.29, 1.82) is 0 Å². The molecule has 6 heteroatoms. The summed E-state index contributed by atoms with van der Waals surface area (Å²) in [5, 5.41) is 5.16. The van der Waals surface area contributed by atoms with Crippen molar-refractivity contribution in [2.45, 2.75) is 0 Å². The van der Waals surface area contributed by atoms with E-state index in [0.29, 0.717) is 5.56 Å². The van der Waals surface area contributed by atoms with E-state index in [-0.39, 0.29) is 5.91 Å². The number of nitrogens with zero attached hydrogens (tertiary/aromatic N) is 2. The van der Waals surface area contributed by atoms with Crippen LogP contribution in [0.15, 0.2) is 84.1 Å². The second-order valence-electron chi connectivity index (χ2n) is 6.67. The second kappa shape index (κ2) is 7.09. The van der Waals surface area contributed by atoms with Gasteiger partial charge in [-0.25, -0.2) is 10.4 Å². The van der Waals surface area contributed by atoms with Crippen molar-refractivity contribution in [2.75, 3.05) is 0 Å². The van der Waals surface area contributed by atoms with Gasteiger partial charge in [-0.15, -0.1) is 0 Å². The van der Waals surface area contributed by atoms with Gasteiger partial charge in [0, 0.05) is 33.8 Å². The van der Waals surface area contributed by atoms with Gasteiger partial charge in [0.1, 0.15) is 5.82 Å². The van der Waals surface area contributed by atoms with Gasteiger partial charge in [0.05, 0.1) is 17.2 Å². The summed E-state index contributed by atoms with van der Waals surface area (Å²) in [5.41, 5.74) is 7.65. The Hall–Kier alpha value is -4.19. The van der Waals surface area contributed by atoms with Crippen LogP contribution in [0.3, 0.4) is 0 Å². The molecule has 3 aromatic carbocycles. The molecule has 140 valence electrons. The Kier molecular flexibility index (Phi) is 4.14. The van der Waals surface area contributed by atoms with E-state index in [4.69, 9.17) is 0 Å². The van der Waals surface area contributed by atoms with Crippen molar-refractivity contribution in [3.05, 3.63) is 90.1 Å². The lowest BCUT2D eigenvalue weighted by molar-refractivity contribution is 0.0955. The number of para-hydroxylation sites is 1. The van der Waals surface area contributed by atoms with Crippen molar-refractivity contribution in [3.8, 4) is 11.4 Å². The van der Waals surface area contributed by atoms with E-state index >= 15 is 0 Å². The van der Waals surface area contributed by atoms with Crippen LogP contribution in [0.1, 0.15) is 15.9 Å². The first kappa shape index (κ1) is 16.9. The number of benzene rings is 3. The molecule has 0 fully saturated rings. The highest BCUT2D eigenvalue weighted by Crippen LogP contribution is 2.21. The molecule has 5 aromatic rings. The summed E-state index contributed by atoms with van der Waals surface area (Å²) in [6.45, 7) is 0. The second-order valence-corrected chi connectivity index (χ2v) is 6.67. The third-order valence-electron chi connectivity index (χ3n) is 4.78. The fourth-order valence-electron chi connectivity index (χ4n) is 3.31. The molecular weight excluding hydrogens is 362 g/mol. The zero-order chi connectivity index (χ0) is 19.6. The molecule has 0 spiro atoms. The number of carbonyl (C=O) groups excluding carboxylic acids is 1. The van der Waals surface area contributed by atoms with Crippen molar-refractivity contribution < 1.29 is 4.79 Å². The number of aromatic nitrogens is 3.